The number of pyridine rings is 1. The highest BCUT2D eigenvalue weighted by Gasteiger charge is 2.35. The number of aromatic nitrogens is 1. The summed E-state index contributed by atoms with van der Waals surface area (Å²) in [5.41, 5.74) is 1.37. The first kappa shape index (κ1) is 21.1. The molecule has 1 atom stereocenters. The third-order valence-electron chi connectivity index (χ3n) is 5.55. The van der Waals surface area contributed by atoms with Crippen LogP contribution in [0.25, 0.3) is 0 Å². The maximum Gasteiger partial charge on any atom is 0.290 e. The Morgan fingerprint density at radius 3 is 2.61 bits per heavy atom. The number of carbonyl (C=O) groups is 2. The molecule has 0 bridgehead atoms. The Kier molecular flexibility index (Phi) is 6.67. The lowest BCUT2D eigenvalue weighted by molar-refractivity contribution is -0.126. The smallest absolute Gasteiger partial charge is 0.290 e. The van der Waals surface area contributed by atoms with E-state index in [2.05, 4.69) is 10.3 Å². The molecule has 2 amide bonds. The molecule has 7 heteroatoms. The number of halogens is 1. The number of nitrogens with one attached hydrogen (secondary N) is 1. The summed E-state index contributed by atoms with van der Waals surface area (Å²) in [5.74, 6) is -0.457. The minimum absolute atomic E-state index is 0.118. The van der Waals surface area contributed by atoms with Crippen LogP contribution in [-0.4, -0.2) is 27.7 Å². The van der Waals surface area contributed by atoms with Gasteiger partial charge in [-0.15, -0.1) is 0 Å². The summed E-state index contributed by atoms with van der Waals surface area (Å²) in [5, 5.41) is 3.66. The number of benzene rings is 1. The zero-order valence-electron chi connectivity index (χ0n) is 17.0. The average Bonchev–Trinajstić information content (AvgIpc) is 3.49. The molecule has 0 aliphatic heterocycles. The molecule has 6 nitrogen and oxygen atoms in total. The first-order chi connectivity index (χ1) is 15.1. The topological polar surface area (TPSA) is 75.4 Å². The van der Waals surface area contributed by atoms with Gasteiger partial charge in [0.1, 0.15) is 6.04 Å². The van der Waals surface area contributed by atoms with E-state index < -0.39 is 6.04 Å². The SMILES string of the molecule is O=C(NC1CCCC1)[C@@H](c1cccnc1)N(Cc1ccccc1Cl)C(=O)c1ccco1. The van der Waals surface area contributed by atoms with Gasteiger partial charge in [0.15, 0.2) is 5.76 Å². The van der Waals surface area contributed by atoms with Gasteiger partial charge in [-0.25, -0.2) is 0 Å². The molecule has 0 radical (unpaired) electrons. The first-order valence-corrected chi connectivity index (χ1v) is 10.8. The molecule has 1 aliphatic carbocycles. The molecular formula is C24H24ClN3O3. The Morgan fingerprint density at radius 1 is 1.13 bits per heavy atom. The van der Waals surface area contributed by atoms with Crippen LogP contribution >= 0.6 is 11.6 Å². The van der Waals surface area contributed by atoms with Crippen molar-refractivity contribution in [2.24, 2.45) is 0 Å². The van der Waals surface area contributed by atoms with Gasteiger partial charge in [-0.1, -0.05) is 48.7 Å². The summed E-state index contributed by atoms with van der Waals surface area (Å²) in [7, 11) is 0. The Labute approximate surface area is 186 Å². The quantitative estimate of drug-likeness (QED) is 0.577. The molecule has 0 saturated heterocycles. The van der Waals surface area contributed by atoms with Crippen molar-refractivity contribution >= 4 is 23.4 Å². The van der Waals surface area contributed by atoms with E-state index in [1.807, 2.05) is 18.2 Å². The van der Waals surface area contributed by atoms with Crippen molar-refractivity contribution < 1.29 is 14.0 Å². The summed E-state index contributed by atoms with van der Waals surface area (Å²) in [6.07, 6.45) is 8.79. The van der Waals surface area contributed by atoms with Gasteiger partial charge in [-0.05, 0) is 42.7 Å². The molecule has 0 spiro atoms. The molecule has 0 unspecified atom stereocenters. The number of hydrogen-bond donors (Lipinski definition) is 1. The summed E-state index contributed by atoms with van der Waals surface area (Å²) < 4.78 is 5.37. The largest absolute Gasteiger partial charge is 0.459 e. The van der Waals surface area contributed by atoms with Gasteiger partial charge in [-0.3, -0.25) is 14.6 Å². The zero-order chi connectivity index (χ0) is 21.6. The standard InChI is InChI=1S/C24H24ClN3O3/c25-20-11-4-1-7-18(20)16-28(24(30)21-12-6-14-31-21)22(17-8-5-13-26-15-17)23(29)27-19-9-2-3-10-19/h1,4-8,11-15,19,22H,2-3,9-10,16H2,(H,27,29)/t22-/m1/s1. The molecule has 2 aromatic heterocycles. The van der Waals surface area contributed by atoms with Gasteiger partial charge < -0.3 is 14.6 Å². The van der Waals surface area contributed by atoms with E-state index in [0.29, 0.717) is 10.6 Å². The minimum Gasteiger partial charge on any atom is -0.459 e. The highest BCUT2D eigenvalue weighted by Crippen LogP contribution is 2.29. The Morgan fingerprint density at radius 2 is 1.94 bits per heavy atom. The van der Waals surface area contributed by atoms with Crippen molar-refractivity contribution in [2.45, 2.75) is 44.3 Å². The number of amides is 2. The fourth-order valence-corrected chi connectivity index (χ4v) is 4.19. The average molecular weight is 438 g/mol. The lowest BCUT2D eigenvalue weighted by Crippen LogP contribution is -2.45. The van der Waals surface area contributed by atoms with Crippen molar-refractivity contribution in [1.82, 2.24) is 15.2 Å². The van der Waals surface area contributed by atoms with Gasteiger partial charge in [0.2, 0.25) is 5.91 Å². The Bertz CT molecular complexity index is 1020. The summed E-state index contributed by atoms with van der Waals surface area (Å²) >= 11 is 6.39. The molecule has 4 rings (SSSR count). The zero-order valence-corrected chi connectivity index (χ0v) is 17.8. The van der Waals surface area contributed by atoms with Crippen molar-refractivity contribution in [3.05, 3.63) is 89.1 Å². The number of nitrogens with zero attached hydrogens (tertiary/aromatic N) is 2. The molecule has 1 N–H and O–H groups in total. The lowest BCUT2D eigenvalue weighted by atomic mass is 10.0. The summed E-state index contributed by atoms with van der Waals surface area (Å²) in [6, 6.07) is 13.4. The molecule has 31 heavy (non-hydrogen) atoms. The van der Waals surface area contributed by atoms with Crippen molar-refractivity contribution in [3.63, 3.8) is 0 Å². The molecule has 3 aromatic rings. The van der Waals surface area contributed by atoms with Crippen molar-refractivity contribution in [1.29, 1.82) is 0 Å². The van der Waals surface area contributed by atoms with Crippen LogP contribution < -0.4 is 5.32 Å². The predicted molar refractivity (Wildman–Crippen MR) is 117 cm³/mol. The second kappa shape index (κ2) is 9.79. The van der Waals surface area contributed by atoms with Crippen LogP contribution in [0.3, 0.4) is 0 Å². The van der Waals surface area contributed by atoms with E-state index in [0.717, 1.165) is 31.2 Å². The highest BCUT2D eigenvalue weighted by molar-refractivity contribution is 6.31. The van der Waals surface area contributed by atoms with Crippen LogP contribution in [0.4, 0.5) is 0 Å². The number of rotatable bonds is 7. The monoisotopic (exact) mass is 437 g/mol. The number of hydrogen-bond acceptors (Lipinski definition) is 4. The van der Waals surface area contributed by atoms with E-state index >= 15 is 0 Å². The van der Waals surface area contributed by atoms with Crippen LogP contribution in [0.1, 0.15) is 53.4 Å². The van der Waals surface area contributed by atoms with Crippen LogP contribution in [-0.2, 0) is 11.3 Å². The van der Waals surface area contributed by atoms with E-state index in [-0.39, 0.29) is 30.2 Å². The summed E-state index contributed by atoms with van der Waals surface area (Å²) in [4.78, 5) is 32.6. The fourth-order valence-electron chi connectivity index (χ4n) is 3.99. The normalized spacial score (nSPS) is 14.9. The number of furan rings is 1. The molecule has 2 heterocycles. The van der Waals surface area contributed by atoms with Crippen LogP contribution in [0.15, 0.2) is 71.6 Å². The van der Waals surface area contributed by atoms with E-state index in [4.69, 9.17) is 16.0 Å². The maximum atomic E-state index is 13.5. The summed E-state index contributed by atoms with van der Waals surface area (Å²) in [6.45, 7) is 0.150. The first-order valence-electron chi connectivity index (χ1n) is 10.4. The fraction of sp³-hybridized carbons (Fsp3) is 0.292. The Hall–Kier alpha value is -3.12. The van der Waals surface area contributed by atoms with E-state index in [1.54, 1.807) is 42.7 Å². The number of carbonyl (C=O) groups excluding carboxylic acids is 2. The van der Waals surface area contributed by atoms with Gasteiger partial charge >= 0.3 is 0 Å². The third-order valence-corrected chi connectivity index (χ3v) is 5.92. The van der Waals surface area contributed by atoms with Gasteiger partial charge in [0.25, 0.3) is 5.91 Å². The van der Waals surface area contributed by atoms with Crippen LogP contribution in [0.5, 0.6) is 0 Å². The molecule has 1 saturated carbocycles. The Balaban J connectivity index is 1.73. The molecule has 1 aromatic carbocycles. The van der Waals surface area contributed by atoms with Gasteiger partial charge in [0, 0.05) is 35.6 Å². The molecule has 1 fully saturated rings. The minimum atomic E-state index is -0.872. The van der Waals surface area contributed by atoms with Gasteiger partial charge in [-0.2, -0.15) is 0 Å². The van der Waals surface area contributed by atoms with E-state index in [9.17, 15) is 9.59 Å². The second-order valence-corrected chi connectivity index (χ2v) is 8.09. The molecule has 1 aliphatic rings. The van der Waals surface area contributed by atoms with Gasteiger partial charge in [0.05, 0.1) is 6.26 Å². The van der Waals surface area contributed by atoms with Crippen molar-refractivity contribution in [2.75, 3.05) is 0 Å². The van der Waals surface area contributed by atoms with Crippen LogP contribution in [0, 0.1) is 0 Å². The third kappa shape index (κ3) is 4.97. The maximum absolute atomic E-state index is 13.5. The molecular weight excluding hydrogens is 414 g/mol. The van der Waals surface area contributed by atoms with Crippen LogP contribution in [0.2, 0.25) is 5.02 Å². The molecule has 160 valence electrons. The predicted octanol–water partition coefficient (Wildman–Crippen LogP) is 4.77. The van der Waals surface area contributed by atoms with E-state index in [1.165, 1.54) is 11.2 Å². The lowest BCUT2D eigenvalue weighted by Gasteiger charge is -2.31. The second-order valence-electron chi connectivity index (χ2n) is 7.68. The van der Waals surface area contributed by atoms with Crippen molar-refractivity contribution in [3.8, 4) is 0 Å². The highest BCUT2D eigenvalue weighted by atomic mass is 35.5.